The Morgan fingerprint density at radius 1 is 1.53 bits per heavy atom. The van der Waals surface area contributed by atoms with Gasteiger partial charge in [-0.15, -0.1) is 0 Å². The fourth-order valence-corrected chi connectivity index (χ4v) is 1.25. The molecule has 1 aliphatic heterocycles. The molecule has 5 nitrogen and oxygen atoms in total. The Morgan fingerprint density at radius 3 is 2.73 bits per heavy atom. The second-order valence-corrected chi connectivity index (χ2v) is 4.47. The maximum atomic E-state index is 11.6. The van der Waals surface area contributed by atoms with Crippen LogP contribution in [0, 0.1) is 0 Å². The van der Waals surface area contributed by atoms with E-state index in [9.17, 15) is 9.59 Å². The third-order valence-electron chi connectivity index (χ3n) is 1.90. The predicted octanol–water partition coefficient (Wildman–Crippen LogP) is 0.821. The first-order valence-electron chi connectivity index (χ1n) is 4.97. The van der Waals surface area contributed by atoms with Crippen LogP contribution in [-0.2, 0) is 14.3 Å². The number of ether oxygens (including phenoxy) is 2. The van der Waals surface area contributed by atoms with Crippen molar-refractivity contribution in [2.24, 2.45) is 0 Å². The number of hydrogen-bond donors (Lipinski definition) is 0. The first kappa shape index (κ1) is 12.0. The molecule has 5 heteroatoms. The van der Waals surface area contributed by atoms with E-state index in [4.69, 9.17) is 9.47 Å². The SMILES string of the molecule is CC(C)(C)OC(=O)N1CCOC(C=O)C1. The van der Waals surface area contributed by atoms with Gasteiger partial charge >= 0.3 is 6.09 Å². The number of nitrogens with zero attached hydrogens (tertiary/aromatic N) is 1. The van der Waals surface area contributed by atoms with E-state index in [1.165, 1.54) is 4.90 Å². The molecule has 0 radical (unpaired) electrons. The lowest BCUT2D eigenvalue weighted by Crippen LogP contribution is -2.47. The van der Waals surface area contributed by atoms with E-state index >= 15 is 0 Å². The first-order chi connectivity index (χ1) is 6.92. The molecule has 0 bridgehead atoms. The molecule has 0 aromatic carbocycles. The van der Waals surface area contributed by atoms with E-state index in [2.05, 4.69) is 0 Å². The molecule has 1 rings (SSSR count). The lowest BCUT2D eigenvalue weighted by Gasteiger charge is -2.32. The molecular formula is C10H17NO4. The Morgan fingerprint density at radius 2 is 2.20 bits per heavy atom. The lowest BCUT2D eigenvalue weighted by molar-refractivity contribution is -0.123. The highest BCUT2D eigenvalue weighted by molar-refractivity contribution is 5.69. The third kappa shape index (κ3) is 3.87. The molecule has 1 amide bonds. The van der Waals surface area contributed by atoms with E-state index in [-0.39, 0.29) is 6.54 Å². The zero-order chi connectivity index (χ0) is 11.5. The van der Waals surface area contributed by atoms with Crippen molar-refractivity contribution in [3.63, 3.8) is 0 Å². The van der Waals surface area contributed by atoms with Crippen LogP contribution in [-0.4, -0.2) is 48.7 Å². The maximum absolute atomic E-state index is 11.6. The second kappa shape index (κ2) is 4.61. The minimum absolute atomic E-state index is 0.276. The highest BCUT2D eigenvalue weighted by atomic mass is 16.6. The first-order valence-corrected chi connectivity index (χ1v) is 4.97. The summed E-state index contributed by atoms with van der Waals surface area (Å²) in [5.74, 6) is 0. The lowest BCUT2D eigenvalue weighted by atomic mass is 10.2. The summed E-state index contributed by atoms with van der Waals surface area (Å²) >= 11 is 0. The Bertz CT molecular complexity index is 246. The van der Waals surface area contributed by atoms with Crippen LogP contribution in [0.2, 0.25) is 0 Å². The molecule has 1 unspecified atom stereocenters. The van der Waals surface area contributed by atoms with Gasteiger partial charge in [-0.05, 0) is 20.8 Å². The van der Waals surface area contributed by atoms with Crippen molar-refractivity contribution in [3.05, 3.63) is 0 Å². The molecule has 1 saturated heterocycles. The van der Waals surface area contributed by atoms with Gasteiger partial charge in [0.15, 0.2) is 6.29 Å². The molecule has 0 N–H and O–H groups in total. The van der Waals surface area contributed by atoms with E-state index in [1.54, 1.807) is 0 Å². The fraction of sp³-hybridized carbons (Fsp3) is 0.800. The fourth-order valence-electron chi connectivity index (χ4n) is 1.25. The van der Waals surface area contributed by atoms with Crippen LogP contribution in [0.4, 0.5) is 4.79 Å². The quantitative estimate of drug-likeness (QED) is 0.608. The summed E-state index contributed by atoms with van der Waals surface area (Å²) in [5.41, 5.74) is -0.508. The highest BCUT2D eigenvalue weighted by Crippen LogP contribution is 2.12. The summed E-state index contributed by atoms with van der Waals surface area (Å²) in [6.07, 6.45) is -0.208. The van der Waals surface area contributed by atoms with Crippen molar-refractivity contribution >= 4 is 12.4 Å². The van der Waals surface area contributed by atoms with Gasteiger partial charge in [-0.25, -0.2) is 4.79 Å². The number of amides is 1. The minimum Gasteiger partial charge on any atom is -0.444 e. The largest absolute Gasteiger partial charge is 0.444 e. The Balaban J connectivity index is 2.49. The zero-order valence-corrected chi connectivity index (χ0v) is 9.36. The molecule has 0 aromatic heterocycles. The average Bonchev–Trinajstić information content (AvgIpc) is 2.15. The van der Waals surface area contributed by atoms with Crippen molar-refractivity contribution in [3.8, 4) is 0 Å². The number of morpholine rings is 1. The van der Waals surface area contributed by atoms with Crippen LogP contribution in [0.1, 0.15) is 20.8 Å². The van der Waals surface area contributed by atoms with Gasteiger partial charge in [0.1, 0.15) is 11.7 Å². The third-order valence-corrected chi connectivity index (χ3v) is 1.90. The minimum atomic E-state index is -0.522. The molecule has 1 aliphatic rings. The van der Waals surface area contributed by atoms with Crippen molar-refractivity contribution in [1.29, 1.82) is 0 Å². The van der Waals surface area contributed by atoms with Crippen molar-refractivity contribution < 1.29 is 19.1 Å². The van der Waals surface area contributed by atoms with Gasteiger partial charge in [-0.2, -0.15) is 0 Å². The molecule has 1 heterocycles. The summed E-state index contributed by atoms with van der Waals surface area (Å²) in [4.78, 5) is 23.6. The van der Waals surface area contributed by atoms with Crippen molar-refractivity contribution in [1.82, 2.24) is 4.90 Å². The summed E-state index contributed by atoms with van der Waals surface area (Å²) in [6.45, 7) is 6.55. The Kier molecular flexibility index (Phi) is 3.68. The van der Waals surface area contributed by atoms with Crippen LogP contribution < -0.4 is 0 Å². The van der Waals surface area contributed by atoms with Crippen LogP contribution in [0.15, 0.2) is 0 Å². The topological polar surface area (TPSA) is 55.8 Å². The molecule has 0 spiro atoms. The van der Waals surface area contributed by atoms with E-state index < -0.39 is 17.8 Å². The Hall–Kier alpha value is -1.10. The van der Waals surface area contributed by atoms with Crippen LogP contribution >= 0.6 is 0 Å². The molecule has 1 fully saturated rings. The van der Waals surface area contributed by atoms with Crippen molar-refractivity contribution in [2.45, 2.75) is 32.5 Å². The number of rotatable bonds is 1. The van der Waals surface area contributed by atoms with Crippen LogP contribution in [0.5, 0.6) is 0 Å². The monoisotopic (exact) mass is 215 g/mol. The van der Waals surface area contributed by atoms with Gasteiger partial charge in [0.05, 0.1) is 13.2 Å². The van der Waals surface area contributed by atoms with E-state index in [1.807, 2.05) is 20.8 Å². The number of aldehydes is 1. The van der Waals surface area contributed by atoms with Gasteiger partial charge in [-0.3, -0.25) is 0 Å². The van der Waals surface area contributed by atoms with Gasteiger partial charge < -0.3 is 19.2 Å². The predicted molar refractivity (Wildman–Crippen MR) is 53.6 cm³/mol. The van der Waals surface area contributed by atoms with Gasteiger partial charge in [-0.1, -0.05) is 0 Å². The van der Waals surface area contributed by atoms with Gasteiger partial charge in [0.2, 0.25) is 0 Å². The summed E-state index contributed by atoms with van der Waals surface area (Å²) in [6, 6.07) is 0. The average molecular weight is 215 g/mol. The normalized spacial score (nSPS) is 22.3. The molecule has 1 atom stereocenters. The van der Waals surface area contributed by atoms with E-state index in [0.717, 1.165) is 0 Å². The molecule has 15 heavy (non-hydrogen) atoms. The summed E-state index contributed by atoms with van der Waals surface area (Å²) < 4.78 is 10.3. The molecular weight excluding hydrogens is 198 g/mol. The highest BCUT2D eigenvalue weighted by Gasteiger charge is 2.27. The zero-order valence-electron chi connectivity index (χ0n) is 9.36. The smallest absolute Gasteiger partial charge is 0.410 e. The summed E-state index contributed by atoms with van der Waals surface area (Å²) in [5, 5.41) is 0. The van der Waals surface area contributed by atoms with Crippen LogP contribution in [0.25, 0.3) is 0 Å². The molecule has 0 saturated carbocycles. The number of carbonyl (C=O) groups is 2. The summed E-state index contributed by atoms with van der Waals surface area (Å²) in [7, 11) is 0. The number of carbonyl (C=O) groups excluding carboxylic acids is 2. The second-order valence-electron chi connectivity index (χ2n) is 4.47. The molecule has 86 valence electrons. The standard InChI is InChI=1S/C10H17NO4/c1-10(2,3)15-9(13)11-4-5-14-8(6-11)7-12/h7-8H,4-6H2,1-3H3. The van der Waals surface area contributed by atoms with Crippen LogP contribution in [0.3, 0.4) is 0 Å². The van der Waals surface area contributed by atoms with E-state index in [0.29, 0.717) is 19.4 Å². The number of hydrogen-bond acceptors (Lipinski definition) is 4. The molecule has 0 aromatic rings. The van der Waals surface area contributed by atoms with Crippen molar-refractivity contribution in [2.75, 3.05) is 19.7 Å². The maximum Gasteiger partial charge on any atom is 0.410 e. The molecule has 0 aliphatic carbocycles. The van der Waals surface area contributed by atoms with Gasteiger partial charge in [0.25, 0.3) is 0 Å². The van der Waals surface area contributed by atoms with Gasteiger partial charge in [0, 0.05) is 6.54 Å². The Labute approximate surface area is 89.3 Å².